The molecule has 0 aliphatic carbocycles. The van der Waals surface area contributed by atoms with Gasteiger partial charge in [-0.1, -0.05) is 24.3 Å². The molecule has 1 aliphatic rings. The predicted molar refractivity (Wildman–Crippen MR) is 110 cm³/mol. The van der Waals surface area contributed by atoms with E-state index in [2.05, 4.69) is 10.6 Å². The lowest BCUT2D eigenvalue weighted by molar-refractivity contribution is -0.00539. The third-order valence-corrected chi connectivity index (χ3v) is 4.95. The smallest absolute Gasteiger partial charge is 0.315 e. The quantitative estimate of drug-likeness (QED) is 0.673. The molecule has 2 aromatic rings. The summed E-state index contributed by atoms with van der Waals surface area (Å²) in [7, 11) is 0. The molecule has 0 radical (unpaired) electrons. The number of rotatable bonds is 6. The molecule has 1 heterocycles. The van der Waals surface area contributed by atoms with Crippen molar-refractivity contribution < 1.29 is 23.4 Å². The number of morpholine rings is 1. The molecule has 1 aliphatic heterocycles. The highest BCUT2D eigenvalue weighted by atomic mass is 19.1. The van der Waals surface area contributed by atoms with E-state index in [1.807, 2.05) is 18.7 Å². The fourth-order valence-electron chi connectivity index (χ4n) is 3.58. The van der Waals surface area contributed by atoms with Crippen LogP contribution in [0.1, 0.15) is 31.1 Å². The van der Waals surface area contributed by atoms with Crippen LogP contribution in [0.3, 0.4) is 0 Å². The van der Waals surface area contributed by atoms with Crippen LogP contribution in [-0.4, -0.2) is 43.0 Å². The van der Waals surface area contributed by atoms with E-state index in [9.17, 15) is 18.7 Å². The van der Waals surface area contributed by atoms with E-state index in [0.29, 0.717) is 24.3 Å². The average molecular weight is 419 g/mol. The molecule has 3 atom stereocenters. The fourth-order valence-corrected chi connectivity index (χ4v) is 3.58. The normalized spacial score (nSPS) is 20.0. The number of aliphatic hydroxyl groups is 1. The van der Waals surface area contributed by atoms with Crippen molar-refractivity contribution >= 4 is 11.7 Å². The number of hydrogen-bond acceptors (Lipinski definition) is 4. The van der Waals surface area contributed by atoms with Crippen LogP contribution in [0.25, 0.3) is 0 Å². The van der Waals surface area contributed by atoms with E-state index in [1.54, 1.807) is 18.2 Å². The van der Waals surface area contributed by atoms with Gasteiger partial charge in [-0.3, -0.25) is 0 Å². The molecule has 6 nitrogen and oxygen atoms in total. The maximum atomic E-state index is 14.6. The monoisotopic (exact) mass is 419 g/mol. The minimum atomic E-state index is -1.16. The van der Waals surface area contributed by atoms with E-state index in [1.165, 1.54) is 24.3 Å². The van der Waals surface area contributed by atoms with E-state index >= 15 is 0 Å². The van der Waals surface area contributed by atoms with Crippen LogP contribution in [0.15, 0.2) is 42.5 Å². The summed E-state index contributed by atoms with van der Waals surface area (Å²) in [6.07, 6.45) is -1.11. The van der Waals surface area contributed by atoms with Gasteiger partial charge in [-0.15, -0.1) is 0 Å². The van der Waals surface area contributed by atoms with Crippen molar-refractivity contribution in [3.63, 3.8) is 0 Å². The number of nitrogens with one attached hydrogen (secondary N) is 2. The number of carbonyl (C=O) groups is 1. The number of anilines is 1. The molecule has 0 saturated carbocycles. The summed E-state index contributed by atoms with van der Waals surface area (Å²) in [5.41, 5.74) is 1.23. The minimum absolute atomic E-state index is 0.0258. The first-order chi connectivity index (χ1) is 14.3. The van der Waals surface area contributed by atoms with Crippen LogP contribution < -0.4 is 15.5 Å². The second-order valence-electron chi connectivity index (χ2n) is 7.55. The van der Waals surface area contributed by atoms with Crippen molar-refractivity contribution in [2.24, 2.45) is 0 Å². The van der Waals surface area contributed by atoms with Gasteiger partial charge in [0.2, 0.25) is 0 Å². The molecule has 0 bridgehead atoms. The molecule has 2 amide bonds. The summed E-state index contributed by atoms with van der Waals surface area (Å²) in [6, 6.07) is 10.2. The van der Waals surface area contributed by atoms with Gasteiger partial charge in [-0.05, 0) is 37.6 Å². The van der Waals surface area contributed by atoms with Gasteiger partial charge in [-0.25, -0.2) is 13.6 Å². The van der Waals surface area contributed by atoms with Crippen molar-refractivity contribution in [1.29, 1.82) is 0 Å². The molecular weight excluding hydrogens is 392 g/mol. The topological polar surface area (TPSA) is 73.8 Å². The molecule has 1 saturated heterocycles. The lowest BCUT2D eigenvalue weighted by atomic mass is 10.1. The zero-order valence-corrected chi connectivity index (χ0v) is 17.1. The summed E-state index contributed by atoms with van der Waals surface area (Å²) in [4.78, 5) is 13.9. The minimum Gasteiger partial charge on any atom is -0.386 e. The van der Waals surface area contributed by atoms with Gasteiger partial charge < -0.3 is 25.4 Å². The SMILES string of the molecule is CC1CN(c2ccc(CNC(=O)NCC(O)c3ccccc3F)cc2F)CC(C)O1. The van der Waals surface area contributed by atoms with Gasteiger partial charge in [0.25, 0.3) is 0 Å². The van der Waals surface area contributed by atoms with Crippen LogP contribution in [0.5, 0.6) is 0 Å². The molecular formula is C22H27F2N3O3. The van der Waals surface area contributed by atoms with Crippen LogP contribution in [0.4, 0.5) is 19.3 Å². The van der Waals surface area contributed by atoms with Crippen LogP contribution in [0, 0.1) is 11.6 Å². The van der Waals surface area contributed by atoms with Crippen LogP contribution in [-0.2, 0) is 11.3 Å². The third kappa shape index (κ3) is 5.67. The molecule has 162 valence electrons. The van der Waals surface area contributed by atoms with Gasteiger partial charge in [0, 0.05) is 31.7 Å². The highest BCUT2D eigenvalue weighted by molar-refractivity contribution is 5.73. The van der Waals surface area contributed by atoms with E-state index in [0.717, 1.165) is 0 Å². The first-order valence-electron chi connectivity index (χ1n) is 9.96. The second-order valence-corrected chi connectivity index (χ2v) is 7.55. The maximum absolute atomic E-state index is 14.6. The zero-order chi connectivity index (χ0) is 21.7. The van der Waals surface area contributed by atoms with Crippen molar-refractivity contribution in [1.82, 2.24) is 10.6 Å². The molecule has 3 unspecified atom stereocenters. The predicted octanol–water partition coefficient (Wildman–Crippen LogP) is 3.11. The average Bonchev–Trinajstić information content (AvgIpc) is 2.70. The fraction of sp³-hybridized carbons (Fsp3) is 0.409. The largest absolute Gasteiger partial charge is 0.386 e. The standard InChI is InChI=1S/C22H27F2N3O3/c1-14-12-27(13-15(2)30-14)20-8-7-16(9-19(20)24)10-25-22(29)26-11-21(28)17-5-3-4-6-18(17)23/h3-9,14-15,21,28H,10-13H2,1-2H3,(H2,25,26,29). The van der Waals surface area contributed by atoms with Crippen LogP contribution in [0.2, 0.25) is 0 Å². The van der Waals surface area contributed by atoms with Crippen molar-refractivity contribution in [3.8, 4) is 0 Å². The van der Waals surface area contributed by atoms with E-state index in [-0.39, 0.29) is 36.7 Å². The van der Waals surface area contributed by atoms with Gasteiger partial charge in [0.15, 0.2) is 0 Å². The number of nitrogens with zero attached hydrogens (tertiary/aromatic N) is 1. The highest BCUT2D eigenvalue weighted by Gasteiger charge is 2.24. The Morgan fingerprint density at radius 2 is 1.83 bits per heavy atom. The van der Waals surface area contributed by atoms with Gasteiger partial charge >= 0.3 is 6.03 Å². The van der Waals surface area contributed by atoms with Crippen LogP contribution >= 0.6 is 0 Å². The van der Waals surface area contributed by atoms with Crippen molar-refractivity contribution in [2.45, 2.75) is 38.7 Å². The number of aliphatic hydroxyl groups excluding tert-OH is 1. The lowest BCUT2D eigenvalue weighted by Crippen LogP contribution is -2.45. The Balaban J connectivity index is 1.50. The highest BCUT2D eigenvalue weighted by Crippen LogP contribution is 2.24. The number of amides is 2. The number of hydrogen-bond donors (Lipinski definition) is 3. The molecule has 0 spiro atoms. The third-order valence-electron chi connectivity index (χ3n) is 4.95. The Morgan fingerprint density at radius 3 is 2.50 bits per heavy atom. The molecule has 3 N–H and O–H groups in total. The van der Waals surface area contributed by atoms with E-state index in [4.69, 9.17) is 4.74 Å². The molecule has 30 heavy (non-hydrogen) atoms. The maximum Gasteiger partial charge on any atom is 0.315 e. The summed E-state index contributed by atoms with van der Waals surface area (Å²) < 4.78 is 33.9. The van der Waals surface area contributed by atoms with E-state index < -0.39 is 18.0 Å². The van der Waals surface area contributed by atoms with Crippen molar-refractivity contribution in [2.75, 3.05) is 24.5 Å². The number of urea groups is 1. The molecule has 3 rings (SSSR count). The van der Waals surface area contributed by atoms with Gasteiger partial charge in [-0.2, -0.15) is 0 Å². The summed E-state index contributed by atoms with van der Waals surface area (Å²) in [5, 5.41) is 15.1. The lowest BCUT2D eigenvalue weighted by Gasteiger charge is -2.37. The molecule has 1 fully saturated rings. The molecule has 2 aromatic carbocycles. The number of ether oxygens (including phenoxy) is 1. The Hall–Kier alpha value is -2.71. The Bertz CT molecular complexity index is 870. The molecule has 0 aromatic heterocycles. The first kappa shape index (κ1) is 22.0. The Kier molecular flexibility index (Phi) is 7.23. The molecule has 8 heteroatoms. The second kappa shape index (κ2) is 9.86. The van der Waals surface area contributed by atoms with Gasteiger partial charge in [0.1, 0.15) is 11.6 Å². The Morgan fingerprint density at radius 1 is 1.13 bits per heavy atom. The summed E-state index contributed by atoms with van der Waals surface area (Å²) >= 11 is 0. The Labute approximate surface area is 174 Å². The zero-order valence-electron chi connectivity index (χ0n) is 17.1. The summed E-state index contributed by atoms with van der Waals surface area (Å²) in [5.74, 6) is -0.891. The number of halogens is 2. The first-order valence-corrected chi connectivity index (χ1v) is 9.96. The van der Waals surface area contributed by atoms with Crippen molar-refractivity contribution in [3.05, 3.63) is 65.2 Å². The summed E-state index contributed by atoms with van der Waals surface area (Å²) in [6.45, 7) is 5.13. The van der Waals surface area contributed by atoms with Gasteiger partial charge in [0.05, 0.1) is 24.0 Å². The number of carbonyl (C=O) groups excluding carboxylic acids is 1. The number of benzene rings is 2.